The lowest BCUT2D eigenvalue weighted by molar-refractivity contribution is 0.270. The minimum atomic E-state index is -3.54. The van der Waals surface area contributed by atoms with Crippen molar-refractivity contribution in [2.75, 3.05) is 12.4 Å². The number of fused-ring (bicyclic) bond motifs is 1. The molecule has 7 heteroatoms. The van der Waals surface area contributed by atoms with Crippen LogP contribution >= 0.6 is 0 Å². The van der Waals surface area contributed by atoms with E-state index >= 15 is 0 Å². The van der Waals surface area contributed by atoms with Crippen LogP contribution in [0.5, 0.6) is 5.75 Å². The summed E-state index contributed by atoms with van der Waals surface area (Å²) in [7, 11) is -3.54. The third-order valence-electron chi connectivity index (χ3n) is 2.68. The standard InChI is InChI=1S/C13H14N2O4S/c1-9(8-20(15,16)17)7-18-13-10-4-2-3-5-11(10)19-12(13)6-14/h2-5,9H,7-8H2,1H3,(H2,15,16,17). The molecular formula is C13H14N2O4S. The quantitative estimate of drug-likeness (QED) is 0.901. The molecule has 1 aromatic heterocycles. The Morgan fingerprint density at radius 1 is 1.45 bits per heavy atom. The van der Waals surface area contributed by atoms with E-state index in [0.29, 0.717) is 16.7 Å². The fourth-order valence-corrected chi connectivity index (χ4v) is 2.80. The number of rotatable bonds is 5. The summed E-state index contributed by atoms with van der Waals surface area (Å²) in [6, 6.07) is 9.03. The number of nitriles is 1. The Balaban J connectivity index is 2.19. The second kappa shape index (κ2) is 5.53. The van der Waals surface area contributed by atoms with Gasteiger partial charge in [-0.15, -0.1) is 0 Å². The van der Waals surface area contributed by atoms with Crippen LogP contribution in [0.4, 0.5) is 0 Å². The second-order valence-corrected chi connectivity index (χ2v) is 6.27. The molecule has 106 valence electrons. The van der Waals surface area contributed by atoms with Gasteiger partial charge in [-0.25, -0.2) is 13.6 Å². The maximum Gasteiger partial charge on any atom is 0.246 e. The molecule has 1 atom stereocenters. The highest BCUT2D eigenvalue weighted by molar-refractivity contribution is 7.89. The van der Waals surface area contributed by atoms with Crippen LogP contribution in [0.15, 0.2) is 28.7 Å². The van der Waals surface area contributed by atoms with Crippen LogP contribution in [0.2, 0.25) is 0 Å². The number of nitrogens with two attached hydrogens (primary N) is 1. The second-order valence-electron chi connectivity index (χ2n) is 4.61. The van der Waals surface area contributed by atoms with Crippen LogP contribution < -0.4 is 9.88 Å². The third kappa shape index (κ3) is 3.29. The van der Waals surface area contributed by atoms with E-state index in [0.717, 1.165) is 0 Å². The number of primary sulfonamides is 1. The third-order valence-corrected chi connectivity index (χ3v) is 3.71. The Labute approximate surface area is 116 Å². The zero-order valence-electron chi connectivity index (χ0n) is 10.9. The number of nitrogens with zero attached hydrogens (tertiary/aromatic N) is 1. The van der Waals surface area contributed by atoms with Gasteiger partial charge >= 0.3 is 0 Å². The number of hydrogen-bond donors (Lipinski definition) is 1. The van der Waals surface area contributed by atoms with E-state index in [2.05, 4.69) is 0 Å². The molecule has 20 heavy (non-hydrogen) atoms. The molecule has 2 rings (SSSR count). The van der Waals surface area contributed by atoms with Crippen molar-refractivity contribution in [3.05, 3.63) is 30.0 Å². The molecule has 0 saturated carbocycles. The van der Waals surface area contributed by atoms with Gasteiger partial charge in [0, 0.05) is 5.92 Å². The number of benzene rings is 1. The van der Waals surface area contributed by atoms with Crippen molar-refractivity contribution in [3.8, 4) is 11.8 Å². The molecule has 1 aromatic carbocycles. The molecule has 2 N–H and O–H groups in total. The minimum Gasteiger partial charge on any atom is -0.488 e. The number of hydrogen-bond acceptors (Lipinski definition) is 5. The van der Waals surface area contributed by atoms with Crippen LogP contribution in [-0.4, -0.2) is 20.8 Å². The molecular weight excluding hydrogens is 280 g/mol. The monoisotopic (exact) mass is 294 g/mol. The molecule has 0 amide bonds. The van der Waals surface area contributed by atoms with E-state index in [1.807, 2.05) is 6.07 Å². The number of para-hydroxylation sites is 1. The summed E-state index contributed by atoms with van der Waals surface area (Å²) >= 11 is 0. The van der Waals surface area contributed by atoms with Crippen molar-refractivity contribution in [2.24, 2.45) is 11.1 Å². The number of sulfonamides is 1. The van der Waals surface area contributed by atoms with Crippen molar-refractivity contribution in [1.82, 2.24) is 0 Å². The van der Waals surface area contributed by atoms with E-state index in [-0.39, 0.29) is 24.0 Å². The van der Waals surface area contributed by atoms with Crippen molar-refractivity contribution in [3.63, 3.8) is 0 Å². The van der Waals surface area contributed by atoms with Crippen LogP contribution in [0, 0.1) is 17.2 Å². The number of furan rings is 1. The topological polar surface area (TPSA) is 106 Å². The van der Waals surface area contributed by atoms with Gasteiger partial charge in [0.2, 0.25) is 15.8 Å². The van der Waals surface area contributed by atoms with Crippen molar-refractivity contribution in [2.45, 2.75) is 6.92 Å². The van der Waals surface area contributed by atoms with Gasteiger partial charge in [0.25, 0.3) is 0 Å². The van der Waals surface area contributed by atoms with E-state index < -0.39 is 10.0 Å². The van der Waals surface area contributed by atoms with Gasteiger partial charge in [0.1, 0.15) is 11.7 Å². The molecule has 2 aromatic rings. The van der Waals surface area contributed by atoms with Crippen LogP contribution in [0.1, 0.15) is 12.7 Å². The molecule has 1 unspecified atom stereocenters. The molecule has 6 nitrogen and oxygen atoms in total. The highest BCUT2D eigenvalue weighted by atomic mass is 32.2. The molecule has 0 radical (unpaired) electrons. The van der Waals surface area contributed by atoms with Gasteiger partial charge in [-0.2, -0.15) is 5.26 Å². The highest BCUT2D eigenvalue weighted by Crippen LogP contribution is 2.32. The highest BCUT2D eigenvalue weighted by Gasteiger charge is 2.17. The summed E-state index contributed by atoms with van der Waals surface area (Å²) in [6.07, 6.45) is 0. The largest absolute Gasteiger partial charge is 0.488 e. The molecule has 0 fully saturated rings. The first-order valence-corrected chi connectivity index (χ1v) is 7.67. The summed E-state index contributed by atoms with van der Waals surface area (Å²) in [5.41, 5.74) is 0.554. The first-order valence-electron chi connectivity index (χ1n) is 5.95. The van der Waals surface area contributed by atoms with Gasteiger partial charge in [0.15, 0.2) is 5.75 Å². The Hall–Kier alpha value is -2.04. The van der Waals surface area contributed by atoms with Gasteiger partial charge in [-0.3, -0.25) is 0 Å². The Kier molecular flexibility index (Phi) is 3.97. The van der Waals surface area contributed by atoms with E-state index in [1.165, 1.54) is 0 Å². The summed E-state index contributed by atoms with van der Waals surface area (Å²) in [5, 5.41) is 14.7. The predicted octanol–water partition coefficient (Wildman–Crippen LogP) is 1.61. The summed E-state index contributed by atoms with van der Waals surface area (Å²) in [5.74, 6) is -0.0476. The zero-order valence-corrected chi connectivity index (χ0v) is 11.7. The van der Waals surface area contributed by atoms with E-state index in [9.17, 15) is 8.42 Å². The van der Waals surface area contributed by atoms with Gasteiger partial charge in [-0.05, 0) is 12.1 Å². The molecule has 0 aliphatic carbocycles. The SMILES string of the molecule is CC(COc1c(C#N)oc2ccccc12)CS(N)(=O)=O. The normalized spacial score (nSPS) is 13.1. The lowest BCUT2D eigenvalue weighted by Crippen LogP contribution is -2.25. The maximum absolute atomic E-state index is 11.0. The minimum absolute atomic E-state index is 0.0778. The summed E-state index contributed by atoms with van der Waals surface area (Å²) < 4.78 is 32.9. The van der Waals surface area contributed by atoms with Gasteiger partial charge in [-0.1, -0.05) is 19.1 Å². The van der Waals surface area contributed by atoms with E-state index in [1.54, 1.807) is 31.2 Å². The predicted molar refractivity (Wildman–Crippen MR) is 73.6 cm³/mol. The van der Waals surface area contributed by atoms with E-state index in [4.69, 9.17) is 19.6 Å². The fraction of sp³-hybridized carbons (Fsp3) is 0.308. The molecule has 0 bridgehead atoms. The van der Waals surface area contributed by atoms with Gasteiger partial charge < -0.3 is 9.15 Å². The fourth-order valence-electron chi connectivity index (χ4n) is 1.91. The lowest BCUT2D eigenvalue weighted by Gasteiger charge is -2.11. The van der Waals surface area contributed by atoms with Crippen molar-refractivity contribution >= 4 is 21.0 Å². The molecule has 0 aliphatic rings. The number of ether oxygens (including phenoxy) is 1. The maximum atomic E-state index is 11.0. The molecule has 0 aliphatic heterocycles. The zero-order chi connectivity index (χ0) is 14.8. The summed E-state index contributed by atoms with van der Waals surface area (Å²) in [4.78, 5) is 0. The van der Waals surface area contributed by atoms with Crippen LogP contribution in [0.3, 0.4) is 0 Å². The Morgan fingerprint density at radius 2 is 2.15 bits per heavy atom. The van der Waals surface area contributed by atoms with Crippen LogP contribution in [0.25, 0.3) is 11.0 Å². The molecule has 1 heterocycles. The first-order chi connectivity index (χ1) is 9.40. The first kappa shape index (κ1) is 14.4. The van der Waals surface area contributed by atoms with Crippen molar-refractivity contribution < 1.29 is 17.6 Å². The van der Waals surface area contributed by atoms with Gasteiger partial charge in [0.05, 0.1) is 17.7 Å². The molecule has 0 saturated heterocycles. The van der Waals surface area contributed by atoms with Crippen LogP contribution in [-0.2, 0) is 10.0 Å². The lowest BCUT2D eigenvalue weighted by atomic mass is 10.2. The van der Waals surface area contributed by atoms with Crippen molar-refractivity contribution in [1.29, 1.82) is 5.26 Å². The average molecular weight is 294 g/mol. The Bertz CT molecular complexity index is 758. The summed E-state index contributed by atoms with van der Waals surface area (Å²) in [6.45, 7) is 1.84. The smallest absolute Gasteiger partial charge is 0.246 e. The average Bonchev–Trinajstić information content (AvgIpc) is 2.72. The Morgan fingerprint density at radius 3 is 2.80 bits per heavy atom. The molecule has 0 spiro atoms.